The first-order chi connectivity index (χ1) is 10.0. The van der Waals surface area contributed by atoms with Crippen molar-refractivity contribution in [3.63, 3.8) is 0 Å². The Bertz CT molecular complexity index is 692. The van der Waals surface area contributed by atoms with Gasteiger partial charge in [-0.3, -0.25) is 4.79 Å². The van der Waals surface area contributed by atoms with Crippen LogP contribution in [0.4, 0.5) is 0 Å². The van der Waals surface area contributed by atoms with E-state index in [-0.39, 0.29) is 10.8 Å². The third kappa shape index (κ3) is 4.13. The lowest BCUT2D eigenvalue weighted by molar-refractivity contribution is 0.0954. The van der Waals surface area contributed by atoms with Crippen LogP contribution >= 0.6 is 11.3 Å². The van der Waals surface area contributed by atoms with Crippen LogP contribution in [0.1, 0.15) is 15.2 Å². The molecule has 2 N–H and O–H groups in total. The Kier molecular flexibility index (Phi) is 5.11. The molecular weight excluding hydrogens is 308 g/mol. The van der Waals surface area contributed by atoms with E-state index in [9.17, 15) is 13.2 Å². The highest BCUT2D eigenvalue weighted by Gasteiger charge is 2.12. The summed E-state index contributed by atoms with van der Waals surface area (Å²) in [5, 5.41) is 4.81. The molecule has 0 radical (unpaired) electrons. The molecule has 1 heterocycles. The van der Waals surface area contributed by atoms with Crippen molar-refractivity contribution in [2.45, 2.75) is 11.3 Å². The van der Waals surface area contributed by atoms with Crippen molar-refractivity contribution in [3.05, 3.63) is 52.2 Å². The second-order valence-corrected chi connectivity index (χ2v) is 7.24. The van der Waals surface area contributed by atoms with Crippen LogP contribution in [0.3, 0.4) is 0 Å². The molecule has 21 heavy (non-hydrogen) atoms. The van der Waals surface area contributed by atoms with Crippen molar-refractivity contribution in [1.82, 2.24) is 10.0 Å². The van der Waals surface area contributed by atoms with Crippen molar-refractivity contribution >= 4 is 27.3 Å². The zero-order chi connectivity index (χ0) is 15.3. The third-order valence-corrected chi connectivity index (χ3v) is 5.30. The van der Waals surface area contributed by atoms with Gasteiger partial charge in [0.05, 0.1) is 4.90 Å². The molecule has 1 amide bonds. The lowest BCUT2D eigenvalue weighted by atomic mass is 10.2. The number of carbonyl (C=O) groups excluding carboxylic acids is 1. The summed E-state index contributed by atoms with van der Waals surface area (Å²) in [7, 11) is -2.12. The summed E-state index contributed by atoms with van der Waals surface area (Å²) in [6.07, 6.45) is 0.787. The lowest BCUT2D eigenvalue weighted by Crippen LogP contribution is -2.25. The van der Waals surface area contributed by atoms with E-state index in [0.717, 1.165) is 6.42 Å². The van der Waals surface area contributed by atoms with Gasteiger partial charge in [0.15, 0.2) is 0 Å². The minimum absolute atomic E-state index is 0.139. The molecule has 0 aliphatic carbocycles. The minimum Gasteiger partial charge on any atom is -0.352 e. The topological polar surface area (TPSA) is 75.3 Å². The molecule has 0 unspecified atom stereocenters. The summed E-state index contributed by atoms with van der Waals surface area (Å²) >= 11 is 1.65. The van der Waals surface area contributed by atoms with E-state index in [0.29, 0.717) is 12.1 Å². The van der Waals surface area contributed by atoms with Crippen LogP contribution in [-0.2, 0) is 16.4 Å². The first-order valence-electron chi connectivity index (χ1n) is 6.37. The summed E-state index contributed by atoms with van der Waals surface area (Å²) < 4.78 is 25.4. The van der Waals surface area contributed by atoms with Crippen molar-refractivity contribution < 1.29 is 13.2 Å². The number of benzene rings is 1. The summed E-state index contributed by atoms with van der Waals surface area (Å²) in [6.45, 7) is 0.552. The molecule has 0 atom stereocenters. The quantitative estimate of drug-likeness (QED) is 0.848. The summed E-state index contributed by atoms with van der Waals surface area (Å²) in [6, 6.07) is 9.84. The molecule has 0 bridgehead atoms. The normalized spacial score (nSPS) is 11.3. The van der Waals surface area contributed by atoms with E-state index < -0.39 is 10.0 Å². The Morgan fingerprint density at radius 1 is 1.19 bits per heavy atom. The third-order valence-electron chi connectivity index (χ3n) is 2.93. The molecule has 0 aliphatic rings. The molecule has 2 aromatic rings. The Hall–Kier alpha value is -1.70. The number of carbonyl (C=O) groups is 1. The second kappa shape index (κ2) is 6.84. The zero-order valence-electron chi connectivity index (χ0n) is 11.5. The minimum atomic E-state index is -3.47. The number of nitrogens with one attached hydrogen (secondary N) is 2. The Balaban J connectivity index is 1.94. The van der Waals surface area contributed by atoms with Crippen LogP contribution in [0, 0.1) is 0 Å². The molecule has 7 heteroatoms. The van der Waals surface area contributed by atoms with Crippen LogP contribution in [-0.4, -0.2) is 27.9 Å². The monoisotopic (exact) mass is 324 g/mol. The molecule has 0 saturated carbocycles. The standard InChI is InChI=1S/C14H16N2O3S2/c1-15-21(18,19)13-6-4-11(5-7-13)14(17)16-9-8-12-3-2-10-20-12/h2-7,10,15H,8-9H2,1H3,(H,16,17). The van der Waals surface area contributed by atoms with E-state index in [2.05, 4.69) is 10.0 Å². The van der Waals surface area contributed by atoms with Crippen LogP contribution < -0.4 is 10.0 Å². The Morgan fingerprint density at radius 2 is 1.90 bits per heavy atom. The van der Waals surface area contributed by atoms with Gasteiger partial charge in [-0.2, -0.15) is 0 Å². The van der Waals surface area contributed by atoms with E-state index in [4.69, 9.17) is 0 Å². The molecule has 0 fully saturated rings. The van der Waals surface area contributed by atoms with E-state index in [1.165, 1.54) is 36.2 Å². The van der Waals surface area contributed by atoms with Gasteiger partial charge < -0.3 is 5.32 Å². The fourth-order valence-electron chi connectivity index (χ4n) is 1.76. The maximum Gasteiger partial charge on any atom is 0.251 e. The summed E-state index contributed by atoms with van der Waals surface area (Å²) in [4.78, 5) is 13.3. The highest BCUT2D eigenvalue weighted by Crippen LogP contribution is 2.11. The number of hydrogen-bond donors (Lipinski definition) is 2. The van der Waals surface area contributed by atoms with Gasteiger partial charge in [0.1, 0.15) is 0 Å². The van der Waals surface area contributed by atoms with Gasteiger partial charge in [-0.05, 0) is 49.2 Å². The molecule has 0 spiro atoms. The maximum atomic E-state index is 11.9. The molecule has 5 nitrogen and oxygen atoms in total. The first kappa shape index (κ1) is 15.7. The van der Waals surface area contributed by atoms with E-state index >= 15 is 0 Å². The number of thiophene rings is 1. The van der Waals surface area contributed by atoms with Gasteiger partial charge in [-0.1, -0.05) is 6.07 Å². The Labute approximate surface area is 128 Å². The first-order valence-corrected chi connectivity index (χ1v) is 8.73. The number of amides is 1. The van der Waals surface area contributed by atoms with Crippen LogP contribution in [0.25, 0.3) is 0 Å². The molecular formula is C14H16N2O3S2. The van der Waals surface area contributed by atoms with Crippen molar-refractivity contribution in [3.8, 4) is 0 Å². The Morgan fingerprint density at radius 3 is 2.48 bits per heavy atom. The highest BCUT2D eigenvalue weighted by atomic mass is 32.2. The molecule has 112 valence electrons. The summed E-state index contributed by atoms with van der Waals surface area (Å²) in [5.41, 5.74) is 0.441. The molecule has 0 saturated heterocycles. The number of sulfonamides is 1. The highest BCUT2D eigenvalue weighted by molar-refractivity contribution is 7.89. The fraction of sp³-hybridized carbons (Fsp3) is 0.214. The van der Waals surface area contributed by atoms with Gasteiger partial charge in [0, 0.05) is 17.0 Å². The van der Waals surface area contributed by atoms with Gasteiger partial charge in [0.2, 0.25) is 10.0 Å². The SMILES string of the molecule is CNS(=O)(=O)c1ccc(C(=O)NCCc2cccs2)cc1. The number of rotatable bonds is 6. The van der Waals surface area contributed by atoms with Crippen molar-refractivity contribution in [2.24, 2.45) is 0 Å². The largest absolute Gasteiger partial charge is 0.352 e. The smallest absolute Gasteiger partial charge is 0.251 e. The molecule has 2 rings (SSSR count). The van der Waals surface area contributed by atoms with Gasteiger partial charge in [0.25, 0.3) is 5.91 Å². The predicted octanol–water partition coefficient (Wildman–Crippen LogP) is 1.63. The molecule has 0 aliphatic heterocycles. The van der Waals surface area contributed by atoms with Crippen LogP contribution in [0.5, 0.6) is 0 Å². The van der Waals surface area contributed by atoms with Crippen LogP contribution in [0.15, 0.2) is 46.7 Å². The van der Waals surface area contributed by atoms with Crippen molar-refractivity contribution in [1.29, 1.82) is 0 Å². The van der Waals surface area contributed by atoms with Crippen LogP contribution in [0.2, 0.25) is 0 Å². The van der Waals surface area contributed by atoms with Gasteiger partial charge >= 0.3 is 0 Å². The maximum absolute atomic E-state index is 11.9. The van der Waals surface area contributed by atoms with E-state index in [1.807, 2.05) is 17.5 Å². The van der Waals surface area contributed by atoms with Crippen molar-refractivity contribution in [2.75, 3.05) is 13.6 Å². The predicted molar refractivity (Wildman–Crippen MR) is 83.0 cm³/mol. The van der Waals surface area contributed by atoms with Gasteiger partial charge in [-0.25, -0.2) is 13.1 Å². The molecule has 1 aromatic heterocycles. The lowest BCUT2D eigenvalue weighted by Gasteiger charge is -2.06. The fourth-order valence-corrected chi connectivity index (χ4v) is 3.20. The van der Waals surface area contributed by atoms with Gasteiger partial charge in [-0.15, -0.1) is 11.3 Å². The average molecular weight is 324 g/mol. The van der Waals surface area contributed by atoms with E-state index in [1.54, 1.807) is 11.3 Å². The summed E-state index contributed by atoms with van der Waals surface area (Å²) in [5.74, 6) is -0.208. The second-order valence-electron chi connectivity index (χ2n) is 4.32. The zero-order valence-corrected chi connectivity index (χ0v) is 13.1. The molecule has 1 aromatic carbocycles. The average Bonchev–Trinajstić information content (AvgIpc) is 3.00. The number of hydrogen-bond acceptors (Lipinski definition) is 4.